The molecule has 2 aromatic heterocycles. The number of hydrogen-bond donors (Lipinski definition) is 1. The summed E-state index contributed by atoms with van der Waals surface area (Å²) in [5.41, 5.74) is 1.18. The van der Waals surface area contributed by atoms with E-state index in [2.05, 4.69) is 10.1 Å². The van der Waals surface area contributed by atoms with E-state index < -0.39 is 0 Å². The number of benzene rings is 1. The minimum atomic E-state index is -0.291. The molecule has 0 aliphatic rings. The van der Waals surface area contributed by atoms with Crippen LogP contribution in [0.25, 0.3) is 16.6 Å². The van der Waals surface area contributed by atoms with Gasteiger partial charge >= 0.3 is 16.6 Å². The second-order valence-electron chi connectivity index (χ2n) is 3.53. The highest BCUT2D eigenvalue weighted by molar-refractivity contribution is 6.29. The van der Waals surface area contributed by atoms with Crippen molar-refractivity contribution < 1.29 is 4.68 Å². The minimum absolute atomic E-state index is 0.163. The average Bonchev–Trinajstić information content (AvgIpc) is 2.55. The fourth-order valence-corrected chi connectivity index (χ4v) is 2.12. The molecule has 0 aliphatic heterocycles. The maximum atomic E-state index is 11.6. The second-order valence-corrected chi connectivity index (χ2v) is 3.87. The Kier molecular flexibility index (Phi) is 1.79. The van der Waals surface area contributed by atoms with E-state index in [4.69, 9.17) is 11.6 Å². The summed E-state index contributed by atoms with van der Waals surface area (Å²) in [5.74, 6) is 0. The minimum Gasteiger partial charge on any atom is -0.216 e. The van der Waals surface area contributed by atoms with E-state index in [0.717, 1.165) is 10.9 Å². The quantitative estimate of drug-likeness (QED) is 0.460. The number of fused-ring (bicyclic) bond motifs is 3. The Morgan fingerprint density at radius 3 is 3.00 bits per heavy atom. The molecular weight excluding hydrogens is 228 g/mol. The Hall–Kier alpha value is -1.88. The van der Waals surface area contributed by atoms with E-state index in [1.165, 1.54) is 4.40 Å². The molecule has 0 aliphatic carbocycles. The molecule has 0 saturated carbocycles. The molecule has 80 valence electrons. The third kappa shape index (κ3) is 1.09. The monoisotopic (exact) mass is 235 g/mol. The number of H-pyrrole nitrogens is 1. The van der Waals surface area contributed by atoms with Crippen molar-refractivity contribution in [3.05, 3.63) is 40.0 Å². The zero-order valence-electron chi connectivity index (χ0n) is 8.44. The summed E-state index contributed by atoms with van der Waals surface area (Å²) in [5, 5.41) is 3.69. The van der Waals surface area contributed by atoms with Gasteiger partial charge < -0.3 is 0 Å². The normalized spacial score (nSPS) is 11.4. The van der Waals surface area contributed by atoms with Gasteiger partial charge in [0.05, 0.1) is 10.9 Å². The lowest BCUT2D eigenvalue weighted by atomic mass is 10.2. The molecule has 3 aromatic rings. The van der Waals surface area contributed by atoms with Gasteiger partial charge in [0, 0.05) is 0 Å². The molecule has 0 spiro atoms. The summed E-state index contributed by atoms with van der Waals surface area (Å²) in [6.07, 6.45) is 0. The van der Waals surface area contributed by atoms with Gasteiger partial charge in [0.15, 0.2) is 0 Å². The molecule has 1 N–H and O–H groups in total. The van der Waals surface area contributed by atoms with Gasteiger partial charge in [-0.15, -0.1) is 4.40 Å². The van der Waals surface area contributed by atoms with E-state index in [1.807, 2.05) is 24.3 Å². The van der Waals surface area contributed by atoms with Crippen molar-refractivity contribution in [1.82, 2.24) is 14.5 Å². The van der Waals surface area contributed by atoms with Gasteiger partial charge in [0.2, 0.25) is 0 Å². The topological polar surface area (TPSA) is 54.0 Å². The zero-order chi connectivity index (χ0) is 11.3. The Labute approximate surface area is 94.9 Å². The van der Waals surface area contributed by atoms with E-state index >= 15 is 0 Å². The van der Waals surface area contributed by atoms with E-state index in [-0.39, 0.29) is 11.0 Å². The zero-order valence-corrected chi connectivity index (χ0v) is 9.19. The number of nitrogens with one attached hydrogen (secondary N) is 1. The van der Waals surface area contributed by atoms with E-state index in [0.29, 0.717) is 5.65 Å². The molecule has 0 fully saturated rings. The van der Waals surface area contributed by atoms with Crippen molar-refractivity contribution >= 4 is 28.2 Å². The molecule has 0 saturated heterocycles. The standard InChI is InChI=1S/C10H7ClN4O/c1-14-8-6-4-2-3-5-7(6)12-9(11)15(8)10(16)13-14/h2-5H,1H3/p+1. The highest BCUT2D eigenvalue weighted by atomic mass is 35.5. The number of nitrogens with zero attached hydrogens (tertiary/aromatic N) is 3. The van der Waals surface area contributed by atoms with Gasteiger partial charge in [-0.05, 0) is 23.7 Å². The second kappa shape index (κ2) is 3.05. The van der Waals surface area contributed by atoms with Crippen LogP contribution in [0.4, 0.5) is 0 Å². The van der Waals surface area contributed by atoms with Crippen LogP contribution in [0.1, 0.15) is 0 Å². The summed E-state index contributed by atoms with van der Waals surface area (Å²) < 4.78 is 2.99. The van der Waals surface area contributed by atoms with Crippen LogP contribution < -0.4 is 10.4 Å². The molecule has 3 rings (SSSR count). The van der Waals surface area contributed by atoms with Gasteiger partial charge in [-0.3, -0.25) is 0 Å². The van der Waals surface area contributed by atoms with Gasteiger partial charge in [-0.25, -0.2) is 4.79 Å². The highest BCUT2D eigenvalue weighted by Crippen LogP contribution is 2.17. The lowest BCUT2D eigenvalue weighted by Gasteiger charge is -1.96. The fraction of sp³-hybridized carbons (Fsp3) is 0.100. The SMILES string of the molecule is C[n+]1[nH]c(=O)n2c(Cl)nc3ccccc3c21. The van der Waals surface area contributed by atoms with Gasteiger partial charge in [0.25, 0.3) is 0 Å². The number of aromatic amines is 1. The first-order chi connectivity index (χ1) is 7.68. The molecule has 0 radical (unpaired) electrons. The van der Waals surface area contributed by atoms with Gasteiger partial charge in [-0.1, -0.05) is 12.1 Å². The molecular formula is C10H8ClN4O+. The van der Waals surface area contributed by atoms with Crippen LogP contribution in [0.3, 0.4) is 0 Å². The number of aryl methyl sites for hydroxylation is 1. The average molecular weight is 236 g/mol. The Morgan fingerprint density at radius 2 is 2.19 bits per heavy atom. The lowest BCUT2D eigenvalue weighted by Crippen LogP contribution is -2.32. The van der Waals surface area contributed by atoms with Crippen LogP contribution in [0.2, 0.25) is 5.28 Å². The summed E-state index contributed by atoms with van der Waals surface area (Å²) in [6.45, 7) is 0. The molecule has 0 unspecified atom stereocenters. The maximum absolute atomic E-state index is 11.6. The van der Waals surface area contributed by atoms with Crippen molar-refractivity contribution in [2.45, 2.75) is 0 Å². The van der Waals surface area contributed by atoms with Crippen LogP contribution in [-0.4, -0.2) is 14.5 Å². The van der Waals surface area contributed by atoms with Gasteiger partial charge in [0.1, 0.15) is 7.05 Å². The molecule has 5 nitrogen and oxygen atoms in total. The first kappa shape index (κ1) is 9.35. The summed E-state index contributed by atoms with van der Waals surface area (Å²) in [4.78, 5) is 15.8. The summed E-state index contributed by atoms with van der Waals surface area (Å²) in [7, 11) is 1.76. The summed E-state index contributed by atoms with van der Waals surface area (Å²) >= 11 is 5.97. The van der Waals surface area contributed by atoms with Crippen LogP contribution in [0.15, 0.2) is 29.1 Å². The van der Waals surface area contributed by atoms with Crippen LogP contribution in [-0.2, 0) is 7.05 Å². The van der Waals surface area contributed by atoms with Crippen LogP contribution in [0.5, 0.6) is 0 Å². The first-order valence-corrected chi connectivity index (χ1v) is 5.11. The third-order valence-electron chi connectivity index (χ3n) is 2.54. The summed E-state index contributed by atoms with van der Waals surface area (Å²) in [6, 6.07) is 7.54. The fourth-order valence-electron chi connectivity index (χ4n) is 1.87. The largest absolute Gasteiger partial charge is 0.451 e. The molecule has 0 bridgehead atoms. The van der Waals surface area contributed by atoms with Crippen molar-refractivity contribution in [2.24, 2.45) is 7.05 Å². The first-order valence-electron chi connectivity index (χ1n) is 4.73. The van der Waals surface area contributed by atoms with Crippen LogP contribution in [0, 0.1) is 0 Å². The Morgan fingerprint density at radius 1 is 1.44 bits per heavy atom. The maximum Gasteiger partial charge on any atom is 0.451 e. The number of rotatable bonds is 0. The van der Waals surface area contributed by atoms with Crippen molar-refractivity contribution in [1.29, 1.82) is 0 Å². The number of halogens is 1. The molecule has 0 amide bonds. The predicted molar refractivity (Wildman–Crippen MR) is 59.5 cm³/mol. The predicted octanol–water partition coefficient (Wildman–Crippen LogP) is 0.654. The van der Waals surface area contributed by atoms with Crippen molar-refractivity contribution in [2.75, 3.05) is 0 Å². The molecule has 1 aromatic carbocycles. The van der Waals surface area contributed by atoms with Crippen LogP contribution >= 0.6 is 11.6 Å². The van der Waals surface area contributed by atoms with Gasteiger partial charge in [-0.2, -0.15) is 14.8 Å². The smallest absolute Gasteiger partial charge is 0.216 e. The lowest BCUT2D eigenvalue weighted by molar-refractivity contribution is -0.704. The molecule has 0 atom stereocenters. The third-order valence-corrected chi connectivity index (χ3v) is 2.79. The van der Waals surface area contributed by atoms with E-state index in [1.54, 1.807) is 11.7 Å². The van der Waals surface area contributed by atoms with Crippen molar-refractivity contribution in [3.8, 4) is 0 Å². The number of hydrogen-bond acceptors (Lipinski definition) is 2. The Bertz CT molecular complexity index is 758. The van der Waals surface area contributed by atoms with Crippen molar-refractivity contribution in [3.63, 3.8) is 0 Å². The number of aromatic nitrogens is 4. The molecule has 16 heavy (non-hydrogen) atoms. The molecule has 2 heterocycles. The number of para-hydroxylation sites is 1. The molecule has 6 heteroatoms. The Balaban J connectivity index is 2.74. The van der Waals surface area contributed by atoms with E-state index in [9.17, 15) is 4.79 Å². The highest BCUT2D eigenvalue weighted by Gasteiger charge is 2.20.